The zero-order valence-electron chi connectivity index (χ0n) is 17.5. The van der Waals surface area contributed by atoms with Crippen molar-refractivity contribution in [1.29, 1.82) is 0 Å². The van der Waals surface area contributed by atoms with E-state index in [1.54, 1.807) is 23.2 Å². The maximum absolute atomic E-state index is 13.5. The minimum atomic E-state index is -0.704. The van der Waals surface area contributed by atoms with E-state index in [9.17, 15) is 9.59 Å². The molecule has 0 bridgehead atoms. The number of anilines is 2. The van der Waals surface area contributed by atoms with Crippen molar-refractivity contribution in [2.24, 2.45) is 0 Å². The Morgan fingerprint density at radius 3 is 3.00 bits per heavy atom. The molecule has 1 amide bonds. The van der Waals surface area contributed by atoms with E-state index in [-0.39, 0.29) is 23.7 Å². The van der Waals surface area contributed by atoms with Crippen LogP contribution in [0.1, 0.15) is 33.9 Å². The van der Waals surface area contributed by atoms with Gasteiger partial charge in [-0.15, -0.1) is 10.2 Å². The summed E-state index contributed by atoms with van der Waals surface area (Å²) >= 11 is 1.46. The van der Waals surface area contributed by atoms with E-state index < -0.39 is 5.97 Å². The van der Waals surface area contributed by atoms with Crippen molar-refractivity contribution in [3.05, 3.63) is 41.9 Å². The maximum Gasteiger partial charge on any atom is 0.396 e. The Balaban J connectivity index is 1.53. The number of nitrogens with zero attached hydrogens (tertiary/aromatic N) is 6. The van der Waals surface area contributed by atoms with Gasteiger partial charge in [0.05, 0.1) is 7.11 Å². The van der Waals surface area contributed by atoms with Crippen molar-refractivity contribution in [1.82, 2.24) is 20.2 Å². The summed E-state index contributed by atoms with van der Waals surface area (Å²) in [6, 6.07) is 7.42. The van der Waals surface area contributed by atoms with Gasteiger partial charge in [0.25, 0.3) is 5.91 Å². The molecule has 32 heavy (non-hydrogen) atoms. The molecule has 0 unspecified atom stereocenters. The number of ether oxygens (including phenoxy) is 1. The lowest BCUT2D eigenvalue weighted by Crippen LogP contribution is -2.39. The number of methoxy groups -OCH3 is 1. The molecular formula is C21H20N6O4S. The molecule has 0 radical (unpaired) electrons. The predicted molar refractivity (Wildman–Crippen MR) is 117 cm³/mol. The van der Waals surface area contributed by atoms with E-state index in [1.807, 2.05) is 18.4 Å². The van der Waals surface area contributed by atoms with Crippen LogP contribution >= 0.6 is 11.8 Å². The second-order valence-electron chi connectivity index (χ2n) is 7.45. The van der Waals surface area contributed by atoms with Crippen molar-refractivity contribution >= 4 is 35.1 Å². The smallest absolute Gasteiger partial charge is 0.396 e. The number of esters is 1. The Hall–Kier alpha value is -3.47. The molecule has 1 fully saturated rings. The first-order valence-corrected chi connectivity index (χ1v) is 11.3. The van der Waals surface area contributed by atoms with Gasteiger partial charge in [-0.05, 0) is 37.3 Å². The number of aromatic nitrogens is 4. The summed E-state index contributed by atoms with van der Waals surface area (Å²) in [6.07, 6.45) is 5.56. The van der Waals surface area contributed by atoms with E-state index in [0.717, 1.165) is 19.4 Å². The topological polar surface area (TPSA) is 115 Å². The van der Waals surface area contributed by atoms with Crippen LogP contribution in [0.2, 0.25) is 0 Å². The summed E-state index contributed by atoms with van der Waals surface area (Å²) in [5.74, 6) is -0.207. The number of amides is 1. The highest BCUT2D eigenvalue weighted by molar-refractivity contribution is 7.98. The monoisotopic (exact) mass is 452 g/mol. The van der Waals surface area contributed by atoms with Crippen molar-refractivity contribution in [3.63, 3.8) is 0 Å². The molecule has 0 aliphatic carbocycles. The summed E-state index contributed by atoms with van der Waals surface area (Å²) in [5.41, 5.74) is 1.78. The number of carbonyl (C=O) groups excluding carboxylic acids is 2. The lowest BCUT2D eigenvalue weighted by atomic mass is 10.1. The van der Waals surface area contributed by atoms with Gasteiger partial charge in [0.15, 0.2) is 5.16 Å². The molecule has 2 aliphatic rings. The molecule has 2 aliphatic heterocycles. The molecular weight excluding hydrogens is 432 g/mol. The zero-order chi connectivity index (χ0) is 22.2. The molecule has 0 N–H and O–H groups in total. The molecule has 1 aromatic carbocycles. The van der Waals surface area contributed by atoms with Crippen molar-refractivity contribution < 1.29 is 18.7 Å². The number of carbonyl (C=O) groups is 2. The number of benzene rings is 1. The first-order valence-electron chi connectivity index (χ1n) is 10.1. The zero-order valence-corrected chi connectivity index (χ0v) is 18.3. The van der Waals surface area contributed by atoms with Gasteiger partial charge in [0, 0.05) is 36.6 Å². The predicted octanol–water partition coefficient (Wildman–Crippen LogP) is 2.66. The molecule has 11 heteroatoms. The van der Waals surface area contributed by atoms with Crippen LogP contribution in [0.15, 0.2) is 40.0 Å². The van der Waals surface area contributed by atoms with Gasteiger partial charge in [-0.3, -0.25) is 4.79 Å². The third-order valence-electron chi connectivity index (χ3n) is 5.64. The van der Waals surface area contributed by atoms with E-state index >= 15 is 0 Å². The van der Waals surface area contributed by atoms with E-state index in [0.29, 0.717) is 34.3 Å². The lowest BCUT2D eigenvalue weighted by Gasteiger charge is -2.27. The van der Waals surface area contributed by atoms with Gasteiger partial charge in [-0.25, -0.2) is 14.8 Å². The van der Waals surface area contributed by atoms with Crippen LogP contribution in [-0.2, 0) is 4.74 Å². The van der Waals surface area contributed by atoms with Crippen molar-refractivity contribution in [3.8, 4) is 11.5 Å². The Morgan fingerprint density at radius 1 is 1.31 bits per heavy atom. The number of rotatable bonds is 4. The summed E-state index contributed by atoms with van der Waals surface area (Å²) in [6.45, 7) is 1.40. The highest BCUT2D eigenvalue weighted by Gasteiger charge is 2.37. The van der Waals surface area contributed by atoms with E-state index in [4.69, 9.17) is 4.42 Å². The van der Waals surface area contributed by atoms with Gasteiger partial charge < -0.3 is 19.0 Å². The second-order valence-corrected chi connectivity index (χ2v) is 8.23. The molecule has 164 valence electrons. The van der Waals surface area contributed by atoms with E-state index in [2.05, 4.69) is 29.8 Å². The highest BCUT2D eigenvalue weighted by Crippen LogP contribution is 2.35. The third kappa shape index (κ3) is 3.48. The van der Waals surface area contributed by atoms with Gasteiger partial charge in [0.1, 0.15) is 11.4 Å². The first-order chi connectivity index (χ1) is 15.6. The molecule has 10 nitrogen and oxygen atoms in total. The summed E-state index contributed by atoms with van der Waals surface area (Å²) in [7, 11) is 1.24. The summed E-state index contributed by atoms with van der Waals surface area (Å²) in [5, 5.41) is 8.31. The van der Waals surface area contributed by atoms with E-state index in [1.165, 1.54) is 18.9 Å². The summed E-state index contributed by atoms with van der Waals surface area (Å²) < 4.78 is 10.1. The molecule has 4 heterocycles. The molecule has 2 aromatic heterocycles. The average molecular weight is 452 g/mol. The number of hydrogen-bond donors (Lipinski definition) is 0. The fourth-order valence-electron chi connectivity index (χ4n) is 4.11. The van der Waals surface area contributed by atoms with Crippen LogP contribution < -0.4 is 9.80 Å². The quantitative estimate of drug-likeness (QED) is 0.332. The van der Waals surface area contributed by atoms with Crippen molar-refractivity contribution in [2.45, 2.75) is 24.0 Å². The van der Waals surface area contributed by atoms with Gasteiger partial charge in [0.2, 0.25) is 5.89 Å². The Labute approximate surface area is 188 Å². The largest absolute Gasteiger partial charge is 0.462 e. The minimum absolute atomic E-state index is 0.153. The molecule has 1 saturated heterocycles. The van der Waals surface area contributed by atoms with Gasteiger partial charge in [-0.2, -0.15) is 0 Å². The summed E-state index contributed by atoms with van der Waals surface area (Å²) in [4.78, 5) is 38.1. The molecule has 5 rings (SSSR count). The fourth-order valence-corrected chi connectivity index (χ4v) is 4.44. The van der Waals surface area contributed by atoms with Crippen molar-refractivity contribution in [2.75, 3.05) is 36.3 Å². The Kier molecular flexibility index (Phi) is 5.25. The van der Waals surface area contributed by atoms with Crippen LogP contribution in [0.5, 0.6) is 0 Å². The number of thioether (sulfide) groups is 1. The Morgan fingerprint density at radius 2 is 2.19 bits per heavy atom. The van der Waals surface area contributed by atoms with Gasteiger partial charge >= 0.3 is 11.9 Å². The molecule has 0 saturated carbocycles. The standard InChI is InChI=1S/C21H20N6O4S/c1-30-20(29)18-25-24-17(31-18)12-5-3-6-13(9-12)27-11-14-7-4-8-26(14)16-15(19(27)28)10-22-21(23-16)32-2/h3,5-6,9-10,14H,4,7-8,11H2,1-2H3/t14-/m0/s1. The normalized spacial score (nSPS) is 17.7. The van der Waals surface area contributed by atoms with Crippen LogP contribution in [-0.4, -0.2) is 64.5 Å². The number of fused-ring (bicyclic) bond motifs is 3. The molecule has 0 spiro atoms. The van der Waals surface area contributed by atoms with Crippen LogP contribution in [0.3, 0.4) is 0 Å². The number of hydrogen-bond acceptors (Lipinski definition) is 10. The second kappa shape index (κ2) is 8.23. The minimum Gasteiger partial charge on any atom is -0.462 e. The van der Waals surface area contributed by atoms with Crippen LogP contribution in [0, 0.1) is 0 Å². The third-order valence-corrected chi connectivity index (χ3v) is 6.20. The van der Waals surface area contributed by atoms with Crippen LogP contribution in [0.25, 0.3) is 11.5 Å². The van der Waals surface area contributed by atoms with Gasteiger partial charge in [-0.1, -0.05) is 17.8 Å². The van der Waals surface area contributed by atoms with Crippen LogP contribution in [0.4, 0.5) is 11.5 Å². The Bertz CT molecular complexity index is 1200. The molecule has 3 aromatic rings. The lowest BCUT2D eigenvalue weighted by molar-refractivity contribution is 0.0556. The maximum atomic E-state index is 13.5. The average Bonchev–Trinajstić information content (AvgIpc) is 3.49. The SMILES string of the molecule is COC(=O)c1nnc(-c2cccc(N3C[C@@H]4CCCN4c4nc(SC)ncc4C3=O)c2)o1. The highest BCUT2D eigenvalue weighted by atomic mass is 32.2. The molecule has 1 atom stereocenters. The first kappa shape index (κ1) is 20.4. The fraction of sp³-hybridized carbons (Fsp3) is 0.333.